The van der Waals surface area contributed by atoms with E-state index in [-0.39, 0.29) is 16.5 Å². The minimum Gasteiger partial charge on any atom is -0.481 e. The van der Waals surface area contributed by atoms with Gasteiger partial charge in [-0.25, -0.2) is 4.79 Å². The van der Waals surface area contributed by atoms with Gasteiger partial charge in [-0.05, 0) is 42.8 Å². The number of carbonyl (C=O) groups excluding carboxylic acids is 2. The molecule has 2 aromatic carbocycles. The molecular weight excluding hydrogens is 365 g/mol. The number of hydrogen-bond acceptors (Lipinski definition) is 4. The van der Waals surface area contributed by atoms with Gasteiger partial charge in [0, 0.05) is 10.7 Å². The molecule has 0 aliphatic heterocycles. The van der Waals surface area contributed by atoms with E-state index in [1.54, 1.807) is 30.3 Å². The van der Waals surface area contributed by atoms with E-state index >= 15 is 0 Å². The van der Waals surface area contributed by atoms with Crippen LogP contribution in [0.5, 0.6) is 5.75 Å². The summed E-state index contributed by atoms with van der Waals surface area (Å²) in [5, 5.41) is 3.48. The molecule has 0 heterocycles. The van der Waals surface area contributed by atoms with Gasteiger partial charge in [0.2, 0.25) is 0 Å². The first-order valence-electron chi connectivity index (χ1n) is 7.55. The molecule has 1 amide bonds. The number of rotatable bonds is 6. The van der Waals surface area contributed by atoms with Crippen LogP contribution in [0, 0.1) is 0 Å². The van der Waals surface area contributed by atoms with Gasteiger partial charge in [0.05, 0.1) is 17.7 Å². The highest BCUT2D eigenvalue weighted by atomic mass is 35.5. The van der Waals surface area contributed by atoms with E-state index in [2.05, 4.69) is 10.1 Å². The maximum absolute atomic E-state index is 12.5. The van der Waals surface area contributed by atoms with Gasteiger partial charge in [0.15, 0.2) is 6.10 Å². The fourth-order valence-corrected chi connectivity index (χ4v) is 2.49. The van der Waals surface area contributed by atoms with Crippen LogP contribution in [-0.2, 0) is 9.53 Å². The number of esters is 1. The van der Waals surface area contributed by atoms with Crippen LogP contribution in [0.15, 0.2) is 42.5 Å². The molecule has 0 bridgehead atoms. The Kier molecular flexibility index (Phi) is 6.67. The zero-order chi connectivity index (χ0) is 18.4. The Bertz CT molecular complexity index is 779. The highest BCUT2D eigenvalue weighted by molar-refractivity contribution is 6.33. The van der Waals surface area contributed by atoms with E-state index in [0.29, 0.717) is 22.9 Å². The lowest BCUT2D eigenvalue weighted by Gasteiger charge is -2.17. The van der Waals surface area contributed by atoms with Crippen LogP contribution in [0.25, 0.3) is 0 Å². The van der Waals surface area contributed by atoms with Crippen LogP contribution in [-0.4, -0.2) is 25.1 Å². The molecule has 0 fully saturated rings. The fraction of sp³-hybridized carbons (Fsp3) is 0.222. The molecule has 0 saturated carbocycles. The third-order valence-electron chi connectivity index (χ3n) is 3.38. The Morgan fingerprint density at radius 1 is 1.16 bits per heavy atom. The SMILES string of the molecule is CC[C@H](Oc1cccc(Cl)c1)C(=O)Nc1ccc(Cl)c(C(=O)OC)c1. The summed E-state index contributed by atoms with van der Waals surface area (Å²) < 4.78 is 10.3. The normalized spacial score (nSPS) is 11.5. The standard InChI is InChI=1S/C18H17Cl2NO4/c1-3-16(25-13-6-4-5-11(19)9-13)17(22)21-12-7-8-15(20)14(10-12)18(23)24-2/h4-10,16H,3H2,1-2H3,(H,21,22)/t16-/m0/s1. The molecule has 0 aromatic heterocycles. The molecule has 0 radical (unpaired) electrons. The highest BCUT2D eigenvalue weighted by Gasteiger charge is 2.20. The van der Waals surface area contributed by atoms with Crippen molar-refractivity contribution in [3.63, 3.8) is 0 Å². The quantitative estimate of drug-likeness (QED) is 0.743. The molecule has 25 heavy (non-hydrogen) atoms. The van der Waals surface area contributed by atoms with Crippen molar-refractivity contribution in [2.24, 2.45) is 0 Å². The van der Waals surface area contributed by atoms with Gasteiger partial charge in [0.25, 0.3) is 5.91 Å². The van der Waals surface area contributed by atoms with Crippen LogP contribution >= 0.6 is 23.2 Å². The maximum atomic E-state index is 12.5. The number of benzene rings is 2. The molecule has 0 aliphatic rings. The Morgan fingerprint density at radius 3 is 2.56 bits per heavy atom. The largest absolute Gasteiger partial charge is 0.481 e. The van der Waals surface area contributed by atoms with Gasteiger partial charge in [-0.3, -0.25) is 4.79 Å². The number of hydrogen-bond donors (Lipinski definition) is 1. The van der Waals surface area contributed by atoms with Crippen molar-refractivity contribution >= 4 is 40.8 Å². The lowest BCUT2D eigenvalue weighted by atomic mass is 10.2. The summed E-state index contributed by atoms with van der Waals surface area (Å²) in [5.41, 5.74) is 0.591. The second kappa shape index (κ2) is 8.74. The lowest BCUT2D eigenvalue weighted by Crippen LogP contribution is -2.32. The molecule has 7 heteroatoms. The maximum Gasteiger partial charge on any atom is 0.339 e. The van der Waals surface area contributed by atoms with Crippen LogP contribution in [0.4, 0.5) is 5.69 Å². The number of methoxy groups -OCH3 is 1. The predicted molar refractivity (Wildman–Crippen MR) is 97.6 cm³/mol. The lowest BCUT2D eigenvalue weighted by molar-refractivity contribution is -0.122. The topological polar surface area (TPSA) is 64.6 Å². The van der Waals surface area contributed by atoms with Crippen molar-refractivity contribution in [1.29, 1.82) is 0 Å². The van der Waals surface area contributed by atoms with Gasteiger partial charge in [-0.1, -0.05) is 36.2 Å². The Hall–Kier alpha value is -2.24. The van der Waals surface area contributed by atoms with Crippen molar-refractivity contribution < 1.29 is 19.1 Å². The molecule has 0 aliphatic carbocycles. The summed E-state index contributed by atoms with van der Waals surface area (Å²) in [5.74, 6) is -0.426. The van der Waals surface area contributed by atoms with E-state index < -0.39 is 12.1 Å². The number of nitrogens with one attached hydrogen (secondary N) is 1. The van der Waals surface area contributed by atoms with Crippen LogP contribution in [0.1, 0.15) is 23.7 Å². The third-order valence-corrected chi connectivity index (χ3v) is 3.94. The first-order valence-corrected chi connectivity index (χ1v) is 8.31. The van der Waals surface area contributed by atoms with Crippen molar-refractivity contribution in [2.45, 2.75) is 19.4 Å². The van der Waals surface area contributed by atoms with Gasteiger partial charge < -0.3 is 14.8 Å². The van der Waals surface area contributed by atoms with E-state index in [4.69, 9.17) is 27.9 Å². The molecule has 0 unspecified atom stereocenters. The minimum atomic E-state index is -0.712. The van der Waals surface area contributed by atoms with Crippen molar-refractivity contribution in [3.8, 4) is 5.75 Å². The molecule has 5 nitrogen and oxygen atoms in total. The van der Waals surface area contributed by atoms with E-state index in [0.717, 1.165) is 0 Å². The highest BCUT2D eigenvalue weighted by Crippen LogP contribution is 2.23. The number of anilines is 1. The summed E-state index contributed by atoms with van der Waals surface area (Å²) in [7, 11) is 1.26. The van der Waals surface area contributed by atoms with Crippen LogP contribution in [0.3, 0.4) is 0 Å². The molecule has 1 atom stereocenters. The summed E-state index contributed by atoms with van der Waals surface area (Å²) in [6.45, 7) is 1.83. The Balaban J connectivity index is 2.12. The summed E-state index contributed by atoms with van der Waals surface area (Å²) >= 11 is 11.9. The van der Waals surface area contributed by atoms with Gasteiger partial charge in [-0.15, -0.1) is 0 Å². The Labute approximate surface area is 155 Å². The molecular formula is C18H17Cl2NO4. The molecule has 0 saturated heterocycles. The number of carbonyl (C=O) groups is 2. The first-order chi connectivity index (χ1) is 11.9. The Morgan fingerprint density at radius 2 is 1.92 bits per heavy atom. The number of ether oxygens (including phenoxy) is 2. The predicted octanol–water partition coefficient (Wildman–Crippen LogP) is 4.58. The molecule has 2 rings (SSSR count). The monoisotopic (exact) mass is 381 g/mol. The number of amides is 1. The average molecular weight is 382 g/mol. The second-order valence-electron chi connectivity index (χ2n) is 5.15. The zero-order valence-corrected chi connectivity index (χ0v) is 15.2. The van der Waals surface area contributed by atoms with Gasteiger partial charge in [-0.2, -0.15) is 0 Å². The first kappa shape index (κ1) is 19.1. The molecule has 0 spiro atoms. The fourth-order valence-electron chi connectivity index (χ4n) is 2.12. The molecule has 1 N–H and O–H groups in total. The zero-order valence-electron chi connectivity index (χ0n) is 13.7. The van der Waals surface area contributed by atoms with Gasteiger partial charge >= 0.3 is 5.97 Å². The average Bonchev–Trinajstić information content (AvgIpc) is 2.60. The van der Waals surface area contributed by atoms with E-state index in [1.807, 2.05) is 6.92 Å². The molecule has 132 valence electrons. The summed E-state index contributed by atoms with van der Waals surface area (Å²) in [6, 6.07) is 11.4. The smallest absolute Gasteiger partial charge is 0.339 e. The third kappa shape index (κ3) is 5.11. The van der Waals surface area contributed by atoms with Crippen molar-refractivity contribution in [3.05, 3.63) is 58.1 Å². The van der Waals surface area contributed by atoms with E-state index in [9.17, 15) is 9.59 Å². The van der Waals surface area contributed by atoms with Crippen molar-refractivity contribution in [2.75, 3.05) is 12.4 Å². The van der Waals surface area contributed by atoms with E-state index in [1.165, 1.54) is 19.2 Å². The summed E-state index contributed by atoms with van der Waals surface area (Å²) in [6.07, 6.45) is -0.258. The van der Waals surface area contributed by atoms with Crippen LogP contribution in [0.2, 0.25) is 10.0 Å². The minimum absolute atomic E-state index is 0.172. The number of halogens is 2. The summed E-state index contributed by atoms with van der Waals surface area (Å²) in [4.78, 5) is 24.1. The van der Waals surface area contributed by atoms with Gasteiger partial charge in [0.1, 0.15) is 5.75 Å². The van der Waals surface area contributed by atoms with Crippen molar-refractivity contribution in [1.82, 2.24) is 0 Å². The molecule has 2 aromatic rings. The second-order valence-corrected chi connectivity index (χ2v) is 5.99. The van der Waals surface area contributed by atoms with Crippen LogP contribution < -0.4 is 10.1 Å².